The van der Waals surface area contributed by atoms with Crippen LogP contribution in [0.1, 0.15) is 43.9 Å². The zero-order valence-corrected chi connectivity index (χ0v) is 14.2. The molecule has 3 rings (SSSR count). The second kappa shape index (κ2) is 7.41. The Kier molecular flexibility index (Phi) is 5.07. The molecule has 1 heterocycles. The second-order valence-electron chi connectivity index (χ2n) is 6.25. The van der Waals surface area contributed by atoms with E-state index in [4.69, 9.17) is 4.98 Å². The third-order valence-corrected chi connectivity index (χ3v) is 4.53. The van der Waals surface area contributed by atoms with Crippen molar-refractivity contribution in [2.45, 2.75) is 46.0 Å². The van der Waals surface area contributed by atoms with E-state index in [1.807, 2.05) is 0 Å². The summed E-state index contributed by atoms with van der Waals surface area (Å²) in [6, 6.07) is 19.3. The van der Waals surface area contributed by atoms with Crippen molar-refractivity contribution >= 4 is 10.8 Å². The Balaban J connectivity index is 2.10. The molecule has 2 aromatic carbocycles. The Morgan fingerprint density at radius 1 is 0.783 bits per heavy atom. The molecule has 0 unspecified atom stereocenters. The summed E-state index contributed by atoms with van der Waals surface area (Å²) in [5, 5.41) is 2.66. The van der Waals surface area contributed by atoms with Gasteiger partial charge in [0, 0.05) is 16.6 Å². The lowest BCUT2D eigenvalue weighted by molar-refractivity contribution is 0.668. The van der Waals surface area contributed by atoms with E-state index in [0.717, 1.165) is 12.1 Å². The molecule has 0 aliphatic carbocycles. The first-order chi connectivity index (χ1) is 11.3. The first-order valence-corrected chi connectivity index (χ1v) is 8.75. The van der Waals surface area contributed by atoms with Gasteiger partial charge in [-0.2, -0.15) is 0 Å². The van der Waals surface area contributed by atoms with Crippen LogP contribution in [-0.2, 0) is 6.42 Å². The van der Waals surface area contributed by atoms with Gasteiger partial charge in [0.15, 0.2) is 0 Å². The number of aryl methyl sites for hydroxylation is 2. The fourth-order valence-corrected chi connectivity index (χ4v) is 3.30. The van der Waals surface area contributed by atoms with Crippen LogP contribution in [0.25, 0.3) is 22.0 Å². The Morgan fingerprint density at radius 3 is 2.22 bits per heavy atom. The summed E-state index contributed by atoms with van der Waals surface area (Å²) in [5.41, 5.74) is 4.93. The predicted molar refractivity (Wildman–Crippen MR) is 99.8 cm³/mol. The van der Waals surface area contributed by atoms with E-state index in [9.17, 15) is 0 Å². The summed E-state index contributed by atoms with van der Waals surface area (Å²) in [5.74, 6) is 0. The molecule has 1 aromatic heterocycles. The van der Waals surface area contributed by atoms with E-state index in [1.54, 1.807) is 0 Å². The van der Waals surface area contributed by atoms with Crippen LogP contribution in [-0.4, -0.2) is 4.98 Å². The number of benzene rings is 2. The predicted octanol–water partition coefficient (Wildman–Crippen LogP) is 6.33. The van der Waals surface area contributed by atoms with Crippen molar-refractivity contribution in [2.75, 3.05) is 0 Å². The van der Waals surface area contributed by atoms with Crippen LogP contribution >= 0.6 is 0 Å². The van der Waals surface area contributed by atoms with Crippen molar-refractivity contribution in [3.8, 4) is 11.3 Å². The van der Waals surface area contributed by atoms with Crippen molar-refractivity contribution in [2.24, 2.45) is 0 Å². The zero-order chi connectivity index (χ0) is 16.1. The van der Waals surface area contributed by atoms with Crippen LogP contribution in [0.15, 0.2) is 54.6 Å². The maximum absolute atomic E-state index is 4.97. The molecule has 0 aliphatic rings. The summed E-state index contributed by atoms with van der Waals surface area (Å²) in [6.07, 6.45) is 6.24. The molecule has 0 spiro atoms. The quantitative estimate of drug-likeness (QED) is 0.485. The smallest absolute Gasteiger partial charge is 0.0743 e. The molecular formula is C22H25N. The highest BCUT2D eigenvalue weighted by molar-refractivity contribution is 5.91. The Morgan fingerprint density at radius 2 is 1.48 bits per heavy atom. The normalized spacial score (nSPS) is 11.0. The van der Waals surface area contributed by atoms with Crippen LogP contribution in [0.5, 0.6) is 0 Å². The number of hydrogen-bond acceptors (Lipinski definition) is 1. The lowest BCUT2D eigenvalue weighted by Crippen LogP contribution is -1.99. The highest BCUT2D eigenvalue weighted by Gasteiger charge is 2.13. The van der Waals surface area contributed by atoms with Gasteiger partial charge in [-0.3, -0.25) is 4.98 Å². The Labute approximate surface area is 139 Å². The molecular weight excluding hydrogens is 278 g/mol. The molecule has 1 heteroatoms. The van der Waals surface area contributed by atoms with Gasteiger partial charge in [-0.15, -0.1) is 0 Å². The lowest BCUT2D eigenvalue weighted by Gasteiger charge is -2.15. The Bertz CT molecular complexity index is 775. The van der Waals surface area contributed by atoms with Gasteiger partial charge in [0.2, 0.25) is 0 Å². The third-order valence-electron chi connectivity index (χ3n) is 4.53. The minimum atomic E-state index is 1.11. The average molecular weight is 303 g/mol. The third kappa shape index (κ3) is 3.44. The molecule has 0 saturated carbocycles. The van der Waals surface area contributed by atoms with E-state index < -0.39 is 0 Å². The SMILES string of the molecule is CCCCCCc1c(-c2ccccc2)nc(C)c2ccccc12. The molecule has 3 aromatic rings. The van der Waals surface area contributed by atoms with Crippen LogP contribution in [0.2, 0.25) is 0 Å². The fraction of sp³-hybridized carbons (Fsp3) is 0.318. The number of pyridine rings is 1. The number of nitrogens with zero attached hydrogens (tertiary/aromatic N) is 1. The summed E-state index contributed by atoms with van der Waals surface area (Å²) >= 11 is 0. The van der Waals surface area contributed by atoms with E-state index in [2.05, 4.69) is 68.4 Å². The molecule has 0 aliphatic heterocycles. The first kappa shape index (κ1) is 15.7. The van der Waals surface area contributed by atoms with E-state index in [0.29, 0.717) is 0 Å². The van der Waals surface area contributed by atoms with E-state index in [-0.39, 0.29) is 0 Å². The zero-order valence-electron chi connectivity index (χ0n) is 14.2. The molecule has 1 nitrogen and oxygen atoms in total. The van der Waals surface area contributed by atoms with Gasteiger partial charge in [-0.1, -0.05) is 80.8 Å². The molecule has 0 N–H and O–H groups in total. The number of aromatic nitrogens is 1. The monoisotopic (exact) mass is 303 g/mol. The van der Waals surface area contributed by atoms with Crippen LogP contribution < -0.4 is 0 Å². The molecule has 0 saturated heterocycles. The first-order valence-electron chi connectivity index (χ1n) is 8.75. The van der Waals surface area contributed by atoms with E-state index in [1.165, 1.54) is 53.3 Å². The van der Waals surface area contributed by atoms with Crippen molar-refractivity contribution in [1.29, 1.82) is 0 Å². The van der Waals surface area contributed by atoms with Gasteiger partial charge in [-0.05, 0) is 30.7 Å². The molecule has 0 amide bonds. The van der Waals surface area contributed by atoms with Crippen molar-refractivity contribution < 1.29 is 0 Å². The van der Waals surface area contributed by atoms with Crippen LogP contribution in [0, 0.1) is 6.92 Å². The van der Waals surface area contributed by atoms with Gasteiger partial charge in [0.05, 0.1) is 5.69 Å². The molecule has 23 heavy (non-hydrogen) atoms. The van der Waals surface area contributed by atoms with Crippen LogP contribution in [0.4, 0.5) is 0 Å². The summed E-state index contributed by atoms with van der Waals surface area (Å²) < 4.78 is 0. The van der Waals surface area contributed by atoms with Gasteiger partial charge in [0.1, 0.15) is 0 Å². The fourth-order valence-electron chi connectivity index (χ4n) is 3.30. The Hall–Kier alpha value is -2.15. The molecule has 0 atom stereocenters. The highest BCUT2D eigenvalue weighted by Crippen LogP contribution is 2.31. The summed E-state index contributed by atoms with van der Waals surface area (Å²) in [6.45, 7) is 4.38. The van der Waals surface area contributed by atoms with Gasteiger partial charge >= 0.3 is 0 Å². The maximum Gasteiger partial charge on any atom is 0.0743 e. The van der Waals surface area contributed by atoms with Crippen molar-refractivity contribution in [3.63, 3.8) is 0 Å². The van der Waals surface area contributed by atoms with Gasteiger partial charge < -0.3 is 0 Å². The molecule has 0 fully saturated rings. The summed E-state index contributed by atoms with van der Waals surface area (Å²) in [4.78, 5) is 4.97. The minimum Gasteiger partial charge on any atom is -0.252 e. The van der Waals surface area contributed by atoms with Crippen LogP contribution in [0.3, 0.4) is 0 Å². The number of fused-ring (bicyclic) bond motifs is 1. The lowest BCUT2D eigenvalue weighted by atomic mass is 9.94. The maximum atomic E-state index is 4.97. The van der Waals surface area contributed by atoms with Crippen molar-refractivity contribution in [1.82, 2.24) is 4.98 Å². The molecule has 0 radical (unpaired) electrons. The summed E-state index contributed by atoms with van der Waals surface area (Å²) in [7, 11) is 0. The van der Waals surface area contributed by atoms with Crippen molar-refractivity contribution in [3.05, 3.63) is 65.9 Å². The number of hydrogen-bond donors (Lipinski definition) is 0. The van der Waals surface area contributed by atoms with Gasteiger partial charge in [0.25, 0.3) is 0 Å². The van der Waals surface area contributed by atoms with E-state index >= 15 is 0 Å². The standard InChI is InChI=1S/C22H25N/c1-3-4-5-9-16-21-20-15-11-10-14-19(20)17(2)23-22(21)18-12-7-6-8-13-18/h6-8,10-15H,3-5,9,16H2,1-2H3. The largest absolute Gasteiger partial charge is 0.252 e. The average Bonchev–Trinajstić information content (AvgIpc) is 2.61. The number of rotatable bonds is 6. The number of unbranched alkanes of at least 4 members (excludes halogenated alkanes) is 3. The highest BCUT2D eigenvalue weighted by atomic mass is 14.7. The van der Waals surface area contributed by atoms with Gasteiger partial charge in [-0.25, -0.2) is 0 Å². The second-order valence-corrected chi connectivity index (χ2v) is 6.25. The topological polar surface area (TPSA) is 12.9 Å². The molecule has 0 bridgehead atoms. The molecule has 118 valence electrons. The minimum absolute atomic E-state index is 1.11.